The molecule has 0 aliphatic heterocycles. The molecule has 6 heteroatoms. The summed E-state index contributed by atoms with van der Waals surface area (Å²) < 4.78 is 0. The fourth-order valence-corrected chi connectivity index (χ4v) is 1.80. The van der Waals surface area contributed by atoms with Crippen LogP contribution in [-0.2, 0) is 4.79 Å². The second-order valence-electron chi connectivity index (χ2n) is 5.27. The molecule has 0 fully saturated rings. The monoisotopic (exact) mass is 279 g/mol. The number of carboxylic acid groups (broad SMARTS) is 1. The molecule has 0 spiro atoms. The molecule has 0 unspecified atom stereocenters. The van der Waals surface area contributed by atoms with Gasteiger partial charge in [-0.25, -0.2) is 4.98 Å². The number of nitrogens with zero attached hydrogens (tertiary/aromatic N) is 3. The van der Waals surface area contributed by atoms with Crippen LogP contribution in [0.3, 0.4) is 0 Å². The predicted molar refractivity (Wildman–Crippen MR) is 76.9 cm³/mol. The van der Waals surface area contributed by atoms with Crippen LogP contribution in [0.4, 0.5) is 5.82 Å². The zero-order valence-electron chi connectivity index (χ0n) is 12.3. The van der Waals surface area contributed by atoms with E-state index < -0.39 is 5.97 Å². The molecule has 20 heavy (non-hydrogen) atoms. The van der Waals surface area contributed by atoms with Crippen LogP contribution in [0.5, 0.6) is 0 Å². The van der Waals surface area contributed by atoms with Crippen LogP contribution < -0.4 is 4.90 Å². The van der Waals surface area contributed by atoms with E-state index in [1.54, 1.807) is 23.2 Å². The molecule has 0 aliphatic carbocycles. The van der Waals surface area contributed by atoms with Crippen molar-refractivity contribution in [2.45, 2.75) is 13.8 Å². The van der Waals surface area contributed by atoms with Gasteiger partial charge in [-0.15, -0.1) is 0 Å². The van der Waals surface area contributed by atoms with E-state index in [9.17, 15) is 9.59 Å². The Morgan fingerprint density at radius 2 is 2.00 bits per heavy atom. The molecule has 0 bridgehead atoms. The molecule has 1 heterocycles. The van der Waals surface area contributed by atoms with Crippen LogP contribution >= 0.6 is 0 Å². The average Bonchev–Trinajstić information content (AvgIpc) is 2.36. The minimum atomic E-state index is -1.01. The van der Waals surface area contributed by atoms with Gasteiger partial charge < -0.3 is 14.9 Å². The molecule has 0 radical (unpaired) electrons. The quantitative estimate of drug-likeness (QED) is 0.850. The number of aliphatic carboxylic acids is 1. The van der Waals surface area contributed by atoms with E-state index in [1.807, 2.05) is 27.9 Å². The van der Waals surface area contributed by atoms with Crippen molar-refractivity contribution in [1.82, 2.24) is 9.88 Å². The zero-order chi connectivity index (χ0) is 15.3. The summed E-state index contributed by atoms with van der Waals surface area (Å²) in [7, 11) is 3.67. The number of hydrogen-bond donors (Lipinski definition) is 1. The van der Waals surface area contributed by atoms with Gasteiger partial charge in [0.2, 0.25) is 0 Å². The van der Waals surface area contributed by atoms with Crippen molar-refractivity contribution in [3.8, 4) is 0 Å². The van der Waals surface area contributed by atoms with Crippen molar-refractivity contribution in [2.24, 2.45) is 5.92 Å². The van der Waals surface area contributed by atoms with E-state index in [1.165, 1.54) is 4.90 Å². The highest BCUT2D eigenvalue weighted by Gasteiger charge is 2.20. The largest absolute Gasteiger partial charge is 0.480 e. The van der Waals surface area contributed by atoms with Gasteiger partial charge in [0.15, 0.2) is 0 Å². The van der Waals surface area contributed by atoms with Crippen LogP contribution in [0.1, 0.15) is 24.2 Å². The molecule has 1 N–H and O–H groups in total. The molecule has 6 nitrogen and oxygen atoms in total. The first kappa shape index (κ1) is 15.9. The maximum atomic E-state index is 12.4. The van der Waals surface area contributed by atoms with Gasteiger partial charge in [-0.05, 0) is 18.1 Å². The third kappa shape index (κ3) is 4.53. The molecule has 0 atom stereocenters. The van der Waals surface area contributed by atoms with E-state index in [-0.39, 0.29) is 18.4 Å². The Morgan fingerprint density at radius 1 is 1.35 bits per heavy atom. The van der Waals surface area contributed by atoms with Crippen molar-refractivity contribution in [1.29, 1.82) is 0 Å². The Kier molecular flexibility index (Phi) is 5.49. The third-order valence-corrected chi connectivity index (χ3v) is 2.65. The number of pyridine rings is 1. The molecule has 1 amide bonds. The van der Waals surface area contributed by atoms with Gasteiger partial charge in [0.25, 0.3) is 5.91 Å². The van der Waals surface area contributed by atoms with Crippen LogP contribution in [0.2, 0.25) is 0 Å². The summed E-state index contributed by atoms with van der Waals surface area (Å²) in [5.41, 5.74) is 0.450. The Hall–Kier alpha value is -2.11. The molecule has 0 aliphatic rings. The lowest BCUT2D eigenvalue weighted by atomic mass is 10.1. The summed E-state index contributed by atoms with van der Waals surface area (Å²) in [6.45, 7) is 4.00. The molecule has 0 aromatic carbocycles. The minimum absolute atomic E-state index is 0.202. The van der Waals surface area contributed by atoms with Gasteiger partial charge in [0, 0.05) is 32.4 Å². The van der Waals surface area contributed by atoms with E-state index >= 15 is 0 Å². The highest BCUT2D eigenvalue weighted by molar-refractivity contribution is 5.96. The SMILES string of the molecule is CC(C)CN(CC(=O)O)C(=O)c1ccnc(N(C)C)c1. The van der Waals surface area contributed by atoms with Crippen LogP contribution in [0, 0.1) is 5.92 Å². The Labute approximate surface area is 119 Å². The number of carbonyl (C=O) groups excluding carboxylic acids is 1. The average molecular weight is 279 g/mol. The standard InChI is InChI=1S/C14H21N3O3/c1-10(2)8-17(9-13(18)19)14(20)11-5-6-15-12(7-11)16(3)4/h5-7,10H,8-9H2,1-4H3,(H,18,19). The zero-order valence-corrected chi connectivity index (χ0v) is 12.3. The molecular weight excluding hydrogens is 258 g/mol. The van der Waals surface area contributed by atoms with Crippen LogP contribution in [0.15, 0.2) is 18.3 Å². The van der Waals surface area contributed by atoms with Gasteiger partial charge >= 0.3 is 5.97 Å². The van der Waals surface area contributed by atoms with Gasteiger partial charge in [-0.3, -0.25) is 9.59 Å². The molecular formula is C14H21N3O3. The number of hydrogen-bond acceptors (Lipinski definition) is 4. The van der Waals surface area contributed by atoms with Crippen LogP contribution in [-0.4, -0.2) is 54.1 Å². The van der Waals surface area contributed by atoms with Crippen molar-refractivity contribution >= 4 is 17.7 Å². The Bertz CT molecular complexity index is 486. The summed E-state index contributed by atoms with van der Waals surface area (Å²) in [5, 5.41) is 8.92. The summed E-state index contributed by atoms with van der Waals surface area (Å²) in [6.07, 6.45) is 1.55. The third-order valence-electron chi connectivity index (χ3n) is 2.65. The fourth-order valence-electron chi connectivity index (χ4n) is 1.80. The lowest BCUT2D eigenvalue weighted by Crippen LogP contribution is -2.38. The highest BCUT2D eigenvalue weighted by Crippen LogP contribution is 2.13. The normalized spacial score (nSPS) is 10.4. The Morgan fingerprint density at radius 3 is 2.50 bits per heavy atom. The molecule has 0 saturated carbocycles. The van der Waals surface area contributed by atoms with Crippen molar-refractivity contribution in [3.05, 3.63) is 23.9 Å². The van der Waals surface area contributed by atoms with Crippen molar-refractivity contribution in [3.63, 3.8) is 0 Å². The summed E-state index contributed by atoms with van der Waals surface area (Å²) in [6, 6.07) is 3.27. The highest BCUT2D eigenvalue weighted by atomic mass is 16.4. The lowest BCUT2D eigenvalue weighted by molar-refractivity contribution is -0.137. The maximum Gasteiger partial charge on any atom is 0.323 e. The predicted octanol–water partition coefficient (Wildman–Crippen LogP) is 1.33. The van der Waals surface area contributed by atoms with Gasteiger partial charge in [0.1, 0.15) is 12.4 Å². The first-order valence-electron chi connectivity index (χ1n) is 6.45. The number of carbonyl (C=O) groups is 2. The second kappa shape index (κ2) is 6.88. The second-order valence-corrected chi connectivity index (χ2v) is 5.27. The topological polar surface area (TPSA) is 73.7 Å². The van der Waals surface area contributed by atoms with Crippen molar-refractivity contribution in [2.75, 3.05) is 32.1 Å². The minimum Gasteiger partial charge on any atom is -0.480 e. The first-order chi connectivity index (χ1) is 9.31. The molecule has 0 saturated heterocycles. The summed E-state index contributed by atoms with van der Waals surface area (Å²) >= 11 is 0. The number of aromatic nitrogens is 1. The smallest absolute Gasteiger partial charge is 0.323 e. The molecule has 1 rings (SSSR count). The first-order valence-corrected chi connectivity index (χ1v) is 6.45. The fraction of sp³-hybridized carbons (Fsp3) is 0.500. The van der Waals surface area contributed by atoms with Gasteiger partial charge in [0.05, 0.1) is 0 Å². The van der Waals surface area contributed by atoms with Crippen LogP contribution in [0.25, 0.3) is 0 Å². The van der Waals surface area contributed by atoms with E-state index in [4.69, 9.17) is 5.11 Å². The summed E-state index contributed by atoms with van der Waals surface area (Å²) in [5.74, 6) is -0.434. The number of amides is 1. The number of carboxylic acids is 1. The maximum absolute atomic E-state index is 12.4. The molecule has 1 aromatic heterocycles. The summed E-state index contributed by atoms with van der Waals surface area (Å²) in [4.78, 5) is 30.6. The van der Waals surface area contributed by atoms with E-state index in [0.717, 1.165) is 0 Å². The van der Waals surface area contributed by atoms with Gasteiger partial charge in [-0.1, -0.05) is 13.8 Å². The Balaban J connectivity index is 2.98. The van der Waals surface area contributed by atoms with Gasteiger partial charge in [-0.2, -0.15) is 0 Å². The number of anilines is 1. The van der Waals surface area contributed by atoms with E-state index in [0.29, 0.717) is 17.9 Å². The van der Waals surface area contributed by atoms with Crippen molar-refractivity contribution < 1.29 is 14.7 Å². The number of rotatable bonds is 6. The van der Waals surface area contributed by atoms with E-state index in [2.05, 4.69) is 4.98 Å². The molecule has 110 valence electrons. The molecule has 1 aromatic rings. The lowest BCUT2D eigenvalue weighted by Gasteiger charge is -2.23.